The molecule has 2 rings (SSSR count). The van der Waals surface area contributed by atoms with Crippen molar-refractivity contribution in [1.82, 2.24) is 10.6 Å². The minimum Gasteiger partial charge on any atom is -0.351 e. The largest absolute Gasteiger partial charge is 0.351 e. The van der Waals surface area contributed by atoms with Gasteiger partial charge >= 0.3 is 0 Å². The van der Waals surface area contributed by atoms with E-state index >= 15 is 0 Å². The van der Waals surface area contributed by atoms with Crippen molar-refractivity contribution >= 4 is 29.9 Å². The van der Waals surface area contributed by atoms with Crippen molar-refractivity contribution in [2.75, 3.05) is 18.9 Å². The van der Waals surface area contributed by atoms with E-state index in [-0.39, 0.29) is 30.1 Å². The summed E-state index contributed by atoms with van der Waals surface area (Å²) in [6.45, 7) is 0.770. The molecule has 0 atom stereocenters. The Morgan fingerprint density at radius 2 is 1.95 bits per heavy atom. The molecule has 5 nitrogen and oxygen atoms in total. The quantitative estimate of drug-likeness (QED) is 0.750. The van der Waals surface area contributed by atoms with Crippen LogP contribution in [0.25, 0.3) is 0 Å². The number of hydrogen-bond acceptors (Lipinski definition) is 3. The van der Waals surface area contributed by atoms with E-state index in [9.17, 15) is 9.59 Å². The van der Waals surface area contributed by atoms with Crippen LogP contribution in [0.3, 0.4) is 0 Å². The van der Waals surface area contributed by atoms with Gasteiger partial charge in [-0.3, -0.25) is 9.59 Å². The molecule has 0 unspecified atom stereocenters. The molecule has 0 spiro atoms. The Labute approximate surface area is 137 Å². The molecule has 1 saturated carbocycles. The number of amides is 2. The summed E-state index contributed by atoms with van der Waals surface area (Å²) in [6, 6.07) is 7.62. The second-order valence-corrected chi connectivity index (χ2v) is 5.48. The molecule has 22 heavy (non-hydrogen) atoms. The molecule has 0 radical (unpaired) electrons. The average molecular weight is 326 g/mol. The minimum atomic E-state index is -0.0436. The highest BCUT2D eigenvalue weighted by molar-refractivity contribution is 5.92. The van der Waals surface area contributed by atoms with Gasteiger partial charge in [0.05, 0.1) is 6.54 Å². The van der Waals surface area contributed by atoms with E-state index in [0.717, 1.165) is 36.9 Å². The van der Waals surface area contributed by atoms with Crippen LogP contribution < -0.4 is 16.0 Å². The highest BCUT2D eigenvalue weighted by Crippen LogP contribution is 2.26. The van der Waals surface area contributed by atoms with Gasteiger partial charge in [-0.2, -0.15) is 0 Å². The molecule has 3 N–H and O–H groups in total. The van der Waals surface area contributed by atoms with Crippen LogP contribution in [0.1, 0.15) is 31.2 Å². The molecular formula is C16H24ClN3O2. The Morgan fingerprint density at radius 3 is 2.64 bits per heavy atom. The van der Waals surface area contributed by atoms with Gasteiger partial charge in [-0.1, -0.05) is 25.0 Å². The van der Waals surface area contributed by atoms with Crippen molar-refractivity contribution < 1.29 is 9.59 Å². The molecule has 1 aromatic carbocycles. The molecule has 2 amide bonds. The maximum absolute atomic E-state index is 12.1. The Morgan fingerprint density at radius 1 is 1.23 bits per heavy atom. The van der Waals surface area contributed by atoms with E-state index in [1.807, 2.05) is 24.3 Å². The maximum Gasteiger partial charge on any atom is 0.234 e. The predicted molar refractivity (Wildman–Crippen MR) is 90.1 cm³/mol. The van der Waals surface area contributed by atoms with Crippen molar-refractivity contribution in [3.8, 4) is 0 Å². The van der Waals surface area contributed by atoms with E-state index in [4.69, 9.17) is 0 Å². The lowest BCUT2D eigenvalue weighted by Gasteiger charge is -2.11. The molecule has 0 aliphatic heterocycles. The zero-order valence-electron chi connectivity index (χ0n) is 12.9. The lowest BCUT2D eigenvalue weighted by molar-refractivity contribution is -0.120. The summed E-state index contributed by atoms with van der Waals surface area (Å²) in [6.07, 6.45) is 4.28. The van der Waals surface area contributed by atoms with E-state index in [0.29, 0.717) is 13.1 Å². The fraction of sp³-hybridized carbons (Fsp3) is 0.500. The fourth-order valence-electron chi connectivity index (χ4n) is 2.62. The molecule has 6 heteroatoms. The summed E-state index contributed by atoms with van der Waals surface area (Å²) < 4.78 is 0. The van der Waals surface area contributed by atoms with Gasteiger partial charge in [0.15, 0.2) is 0 Å². The topological polar surface area (TPSA) is 70.2 Å². The van der Waals surface area contributed by atoms with Crippen LogP contribution >= 0.6 is 12.4 Å². The molecule has 0 bridgehead atoms. The first-order valence-corrected chi connectivity index (χ1v) is 7.50. The SMILES string of the molecule is CNCC(=O)NCc1cccc(NC(=O)C2CCCC2)c1.Cl. The third kappa shape index (κ3) is 5.66. The number of anilines is 1. The molecule has 0 aromatic heterocycles. The van der Waals surface area contributed by atoms with Crippen molar-refractivity contribution in [3.63, 3.8) is 0 Å². The Bertz CT molecular complexity index is 502. The molecule has 0 saturated heterocycles. The number of benzene rings is 1. The summed E-state index contributed by atoms with van der Waals surface area (Å²) in [5.41, 5.74) is 1.77. The first-order chi connectivity index (χ1) is 10.2. The molecule has 1 fully saturated rings. The Kier molecular flexibility index (Phi) is 7.91. The van der Waals surface area contributed by atoms with Crippen LogP contribution in [0.2, 0.25) is 0 Å². The molecule has 122 valence electrons. The van der Waals surface area contributed by atoms with Crippen LogP contribution in [0.5, 0.6) is 0 Å². The second kappa shape index (κ2) is 9.43. The van der Waals surface area contributed by atoms with Gasteiger partial charge in [-0.15, -0.1) is 12.4 Å². The Hall–Kier alpha value is -1.59. The van der Waals surface area contributed by atoms with Gasteiger partial charge in [0, 0.05) is 18.2 Å². The normalized spacial score (nSPS) is 14.2. The highest BCUT2D eigenvalue weighted by Gasteiger charge is 2.22. The van der Waals surface area contributed by atoms with Crippen LogP contribution in [-0.2, 0) is 16.1 Å². The minimum absolute atomic E-state index is 0. The molecule has 1 aliphatic rings. The third-order valence-electron chi connectivity index (χ3n) is 3.75. The van der Waals surface area contributed by atoms with Crippen LogP contribution in [0.15, 0.2) is 24.3 Å². The number of halogens is 1. The number of carbonyl (C=O) groups excluding carboxylic acids is 2. The number of nitrogens with one attached hydrogen (secondary N) is 3. The lowest BCUT2D eigenvalue weighted by atomic mass is 10.1. The summed E-state index contributed by atoms with van der Waals surface area (Å²) in [4.78, 5) is 23.5. The molecule has 0 heterocycles. The number of hydrogen-bond donors (Lipinski definition) is 3. The van der Waals surface area contributed by atoms with Crippen LogP contribution in [0, 0.1) is 5.92 Å². The zero-order chi connectivity index (χ0) is 15.1. The Balaban J connectivity index is 0.00000242. The van der Waals surface area contributed by atoms with Gasteiger partial charge in [-0.25, -0.2) is 0 Å². The summed E-state index contributed by atoms with van der Waals surface area (Å²) in [5.74, 6) is 0.228. The van der Waals surface area contributed by atoms with Crippen molar-refractivity contribution in [3.05, 3.63) is 29.8 Å². The van der Waals surface area contributed by atoms with E-state index in [1.165, 1.54) is 0 Å². The summed E-state index contributed by atoms with van der Waals surface area (Å²) in [7, 11) is 1.73. The molecule has 1 aliphatic carbocycles. The van der Waals surface area contributed by atoms with Gasteiger partial charge in [0.25, 0.3) is 0 Å². The van der Waals surface area contributed by atoms with Crippen molar-refractivity contribution in [2.45, 2.75) is 32.2 Å². The maximum atomic E-state index is 12.1. The van der Waals surface area contributed by atoms with Crippen LogP contribution in [0.4, 0.5) is 5.69 Å². The van der Waals surface area contributed by atoms with Crippen LogP contribution in [-0.4, -0.2) is 25.4 Å². The smallest absolute Gasteiger partial charge is 0.234 e. The first-order valence-electron chi connectivity index (χ1n) is 7.50. The van der Waals surface area contributed by atoms with Crippen molar-refractivity contribution in [2.24, 2.45) is 5.92 Å². The summed E-state index contributed by atoms with van der Waals surface area (Å²) >= 11 is 0. The average Bonchev–Trinajstić information content (AvgIpc) is 3.00. The monoisotopic (exact) mass is 325 g/mol. The molecule has 1 aromatic rings. The standard InChI is InChI=1S/C16H23N3O2.ClH/c1-17-11-15(20)18-10-12-5-4-8-14(9-12)19-16(21)13-6-2-3-7-13;/h4-5,8-9,13,17H,2-3,6-7,10-11H2,1H3,(H,18,20)(H,19,21);1H. The third-order valence-corrected chi connectivity index (χ3v) is 3.75. The highest BCUT2D eigenvalue weighted by atomic mass is 35.5. The number of likely N-dealkylation sites (N-methyl/N-ethyl adjacent to an activating group) is 1. The predicted octanol–water partition coefficient (Wildman–Crippen LogP) is 2.07. The molecular weight excluding hydrogens is 302 g/mol. The fourth-order valence-corrected chi connectivity index (χ4v) is 2.62. The summed E-state index contributed by atoms with van der Waals surface area (Å²) in [5, 5.41) is 8.60. The van der Waals surface area contributed by atoms with Gasteiger partial charge < -0.3 is 16.0 Å². The van der Waals surface area contributed by atoms with Crippen molar-refractivity contribution in [1.29, 1.82) is 0 Å². The van der Waals surface area contributed by atoms with E-state index in [1.54, 1.807) is 7.05 Å². The lowest BCUT2D eigenvalue weighted by Crippen LogP contribution is -2.31. The number of rotatable bonds is 6. The first kappa shape index (κ1) is 18.5. The van der Waals surface area contributed by atoms with E-state index in [2.05, 4.69) is 16.0 Å². The van der Waals surface area contributed by atoms with Gasteiger partial charge in [0.2, 0.25) is 11.8 Å². The van der Waals surface area contributed by atoms with E-state index < -0.39 is 0 Å². The van der Waals surface area contributed by atoms with Gasteiger partial charge in [-0.05, 0) is 37.6 Å². The van der Waals surface area contributed by atoms with Gasteiger partial charge in [0.1, 0.15) is 0 Å². The zero-order valence-corrected chi connectivity index (χ0v) is 13.7. The number of carbonyl (C=O) groups is 2. The second-order valence-electron chi connectivity index (χ2n) is 5.48.